The minimum atomic E-state index is -0.0163. The highest BCUT2D eigenvalue weighted by atomic mass is 16.7. The molecule has 0 amide bonds. The normalized spacial score (nSPS) is 23.6. The van der Waals surface area contributed by atoms with Crippen molar-refractivity contribution in [3.05, 3.63) is 11.8 Å². The third-order valence-corrected chi connectivity index (χ3v) is 1.87. The van der Waals surface area contributed by atoms with Gasteiger partial charge in [-0.15, -0.1) is 0 Å². The highest BCUT2D eigenvalue weighted by Gasteiger charge is 2.19. The average molecular weight is 156 g/mol. The molecule has 11 heavy (non-hydrogen) atoms. The van der Waals surface area contributed by atoms with Gasteiger partial charge in [-0.05, 0) is 18.4 Å². The fourth-order valence-electron chi connectivity index (χ4n) is 1.11. The van der Waals surface area contributed by atoms with Crippen molar-refractivity contribution in [2.75, 3.05) is 6.61 Å². The Morgan fingerprint density at radius 1 is 1.73 bits per heavy atom. The molecule has 0 radical (unpaired) electrons. The van der Waals surface area contributed by atoms with Crippen LogP contribution in [-0.2, 0) is 9.47 Å². The highest BCUT2D eigenvalue weighted by Crippen LogP contribution is 2.24. The van der Waals surface area contributed by atoms with Crippen molar-refractivity contribution < 1.29 is 9.47 Å². The van der Waals surface area contributed by atoms with Gasteiger partial charge in [-0.1, -0.05) is 13.8 Å². The lowest BCUT2D eigenvalue weighted by Crippen LogP contribution is -2.10. The topological polar surface area (TPSA) is 18.5 Å². The second kappa shape index (κ2) is 3.77. The van der Waals surface area contributed by atoms with E-state index in [1.807, 2.05) is 13.2 Å². The van der Waals surface area contributed by atoms with Gasteiger partial charge in [0.05, 0.1) is 6.26 Å². The summed E-state index contributed by atoms with van der Waals surface area (Å²) in [5.74, 6) is 0.584. The summed E-state index contributed by atoms with van der Waals surface area (Å²) in [5, 5.41) is 0. The van der Waals surface area contributed by atoms with Crippen LogP contribution in [0.15, 0.2) is 11.8 Å². The van der Waals surface area contributed by atoms with E-state index in [-0.39, 0.29) is 6.29 Å². The Hall–Kier alpha value is -0.500. The maximum absolute atomic E-state index is 5.31. The van der Waals surface area contributed by atoms with Gasteiger partial charge >= 0.3 is 0 Å². The van der Waals surface area contributed by atoms with Crippen molar-refractivity contribution in [3.63, 3.8) is 0 Å². The van der Waals surface area contributed by atoms with Crippen molar-refractivity contribution in [3.8, 4) is 0 Å². The van der Waals surface area contributed by atoms with Crippen LogP contribution in [0.25, 0.3) is 0 Å². The number of hydrogen-bond donors (Lipinski definition) is 0. The molecule has 1 rings (SSSR count). The second-order valence-electron chi connectivity index (χ2n) is 3.07. The molecule has 64 valence electrons. The molecule has 0 saturated heterocycles. The first-order valence-electron chi connectivity index (χ1n) is 4.20. The monoisotopic (exact) mass is 156 g/mol. The van der Waals surface area contributed by atoms with E-state index in [4.69, 9.17) is 9.47 Å². The zero-order valence-corrected chi connectivity index (χ0v) is 7.46. The van der Waals surface area contributed by atoms with Crippen molar-refractivity contribution in [2.45, 2.75) is 33.5 Å². The molecule has 0 spiro atoms. The minimum absolute atomic E-state index is 0.0163. The van der Waals surface area contributed by atoms with Crippen LogP contribution in [0.5, 0.6) is 0 Å². The maximum Gasteiger partial charge on any atom is 0.202 e. The lowest BCUT2D eigenvalue weighted by atomic mass is 10.0. The lowest BCUT2D eigenvalue weighted by molar-refractivity contribution is -0.0872. The van der Waals surface area contributed by atoms with E-state index < -0.39 is 0 Å². The first kappa shape index (κ1) is 8.60. The molecule has 1 unspecified atom stereocenters. The summed E-state index contributed by atoms with van der Waals surface area (Å²) in [4.78, 5) is 0. The predicted molar refractivity (Wildman–Crippen MR) is 44.0 cm³/mol. The SMILES string of the molecule is CCOC1CC(C(C)C)=CO1. The Labute approximate surface area is 68.2 Å². The fraction of sp³-hybridized carbons (Fsp3) is 0.778. The molecular weight excluding hydrogens is 140 g/mol. The zero-order chi connectivity index (χ0) is 8.27. The summed E-state index contributed by atoms with van der Waals surface area (Å²) in [5.41, 5.74) is 1.35. The van der Waals surface area contributed by atoms with Crippen LogP contribution in [-0.4, -0.2) is 12.9 Å². The third kappa shape index (κ3) is 2.22. The van der Waals surface area contributed by atoms with Gasteiger partial charge in [0.15, 0.2) is 0 Å². The zero-order valence-electron chi connectivity index (χ0n) is 7.46. The Bertz CT molecular complexity index is 150. The van der Waals surface area contributed by atoms with Gasteiger partial charge in [0, 0.05) is 13.0 Å². The lowest BCUT2D eigenvalue weighted by Gasteiger charge is -2.09. The minimum Gasteiger partial charge on any atom is -0.472 e. The Kier molecular flexibility index (Phi) is 2.94. The van der Waals surface area contributed by atoms with E-state index in [0.29, 0.717) is 5.92 Å². The van der Waals surface area contributed by atoms with E-state index in [2.05, 4.69) is 13.8 Å². The maximum atomic E-state index is 5.31. The number of hydrogen-bond acceptors (Lipinski definition) is 2. The van der Waals surface area contributed by atoms with Crippen LogP contribution in [0.4, 0.5) is 0 Å². The number of ether oxygens (including phenoxy) is 2. The molecule has 1 aliphatic rings. The molecule has 0 fully saturated rings. The summed E-state index contributed by atoms with van der Waals surface area (Å²) < 4.78 is 10.6. The van der Waals surface area contributed by atoms with Gasteiger partial charge in [-0.25, -0.2) is 0 Å². The van der Waals surface area contributed by atoms with Gasteiger partial charge in [0.2, 0.25) is 6.29 Å². The standard InChI is InChI=1S/C9H16O2/c1-4-10-9-5-8(6-11-9)7(2)3/h6-7,9H,4-5H2,1-3H3. The van der Waals surface area contributed by atoms with E-state index in [1.165, 1.54) is 5.57 Å². The average Bonchev–Trinajstić information content (AvgIpc) is 2.37. The highest BCUT2D eigenvalue weighted by molar-refractivity contribution is 5.05. The quantitative estimate of drug-likeness (QED) is 0.624. The van der Waals surface area contributed by atoms with Crippen LogP contribution in [0.2, 0.25) is 0 Å². The fourth-order valence-corrected chi connectivity index (χ4v) is 1.11. The molecule has 1 aliphatic heterocycles. The van der Waals surface area contributed by atoms with Crippen molar-refractivity contribution in [1.29, 1.82) is 0 Å². The summed E-state index contributed by atoms with van der Waals surface area (Å²) in [6, 6.07) is 0. The molecule has 0 aromatic rings. The second-order valence-corrected chi connectivity index (χ2v) is 3.07. The van der Waals surface area contributed by atoms with E-state index in [1.54, 1.807) is 0 Å². The smallest absolute Gasteiger partial charge is 0.202 e. The summed E-state index contributed by atoms with van der Waals surface area (Å²) in [6.45, 7) is 7.05. The van der Waals surface area contributed by atoms with Crippen molar-refractivity contribution in [2.24, 2.45) is 5.92 Å². The van der Waals surface area contributed by atoms with Crippen LogP contribution in [0.1, 0.15) is 27.2 Å². The van der Waals surface area contributed by atoms with Gasteiger partial charge in [0.1, 0.15) is 0 Å². The Morgan fingerprint density at radius 2 is 2.45 bits per heavy atom. The van der Waals surface area contributed by atoms with Gasteiger partial charge in [-0.3, -0.25) is 0 Å². The molecule has 1 heterocycles. The Balaban J connectivity index is 2.31. The van der Waals surface area contributed by atoms with Crippen LogP contribution in [0, 0.1) is 5.92 Å². The molecule has 0 aromatic heterocycles. The van der Waals surface area contributed by atoms with Gasteiger partial charge in [0.25, 0.3) is 0 Å². The summed E-state index contributed by atoms with van der Waals surface area (Å²) in [7, 11) is 0. The first-order valence-corrected chi connectivity index (χ1v) is 4.20. The molecule has 0 bridgehead atoms. The van der Waals surface area contributed by atoms with E-state index >= 15 is 0 Å². The van der Waals surface area contributed by atoms with Crippen LogP contribution in [0.3, 0.4) is 0 Å². The number of rotatable bonds is 3. The van der Waals surface area contributed by atoms with Gasteiger partial charge < -0.3 is 9.47 Å². The predicted octanol–water partition coefficient (Wildman–Crippen LogP) is 2.31. The molecule has 2 heteroatoms. The molecule has 0 saturated carbocycles. The van der Waals surface area contributed by atoms with Crippen molar-refractivity contribution >= 4 is 0 Å². The van der Waals surface area contributed by atoms with Crippen molar-refractivity contribution in [1.82, 2.24) is 0 Å². The van der Waals surface area contributed by atoms with E-state index in [0.717, 1.165) is 13.0 Å². The molecular formula is C9H16O2. The summed E-state index contributed by atoms with van der Waals surface area (Å²) >= 11 is 0. The van der Waals surface area contributed by atoms with E-state index in [9.17, 15) is 0 Å². The molecule has 0 aliphatic carbocycles. The summed E-state index contributed by atoms with van der Waals surface area (Å²) in [6.07, 6.45) is 2.76. The molecule has 1 atom stereocenters. The molecule has 0 N–H and O–H groups in total. The van der Waals surface area contributed by atoms with Gasteiger partial charge in [-0.2, -0.15) is 0 Å². The first-order chi connectivity index (χ1) is 5.24. The van der Waals surface area contributed by atoms with Crippen LogP contribution >= 0.6 is 0 Å². The largest absolute Gasteiger partial charge is 0.472 e. The third-order valence-electron chi connectivity index (χ3n) is 1.87. The van der Waals surface area contributed by atoms with Crippen LogP contribution < -0.4 is 0 Å². The molecule has 0 aromatic carbocycles. The Morgan fingerprint density at radius 3 is 2.91 bits per heavy atom. The molecule has 2 nitrogen and oxygen atoms in total.